The predicted molar refractivity (Wildman–Crippen MR) is 112 cm³/mol. The van der Waals surface area contributed by atoms with Gasteiger partial charge in [-0.1, -0.05) is 19.3 Å². The van der Waals surface area contributed by atoms with Gasteiger partial charge in [-0.15, -0.1) is 0 Å². The molecule has 2 saturated heterocycles. The maximum absolute atomic E-state index is 13.1. The topological polar surface area (TPSA) is 69.7 Å². The number of sulfonamides is 1. The van der Waals surface area contributed by atoms with Crippen LogP contribution in [0, 0.1) is 0 Å². The van der Waals surface area contributed by atoms with Gasteiger partial charge in [-0.2, -0.15) is 4.31 Å². The fourth-order valence-corrected chi connectivity index (χ4v) is 6.28. The molecule has 2 aliphatic heterocycles. The van der Waals surface area contributed by atoms with E-state index in [9.17, 15) is 13.2 Å². The van der Waals surface area contributed by atoms with Crippen molar-refractivity contribution in [1.29, 1.82) is 0 Å². The first-order chi connectivity index (χ1) is 13.4. The van der Waals surface area contributed by atoms with Crippen LogP contribution >= 0.6 is 0 Å². The molecule has 1 N–H and O–H groups in total. The second kappa shape index (κ2) is 9.37. The average molecular weight is 408 g/mol. The molecule has 2 heterocycles. The minimum atomic E-state index is -3.52. The zero-order valence-corrected chi connectivity index (χ0v) is 17.9. The number of hydrogen-bond acceptors (Lipinski definition) is 4. The number of piperidine rings is 1. The molecule has 3 rings (SSSR count). The van der Waals surface area contributed by atoms with Crippen LogP contribution < -0.4 is 5.32 Å². The summed E-state index contributed by atoms with van der Waals surface area (Å²) in [5.74, 6) is -0.0456. The summed E-state index contributed by atoms with van der Waals surface area (Å²) in [7, 11) is -3.52. The molecule has 2 unspecified atom stereocenters. The minimum Gasteiger partial charge on any atom is -0.325 e. The number of carbonyl (C=O) groups excluding carboxylic acids is 1. The molecule has 2 aliphatic rings. The largest absolute Gasteiger partial charge is 0.325 e. The molecule has 1 aromatic rings. The molecule has 0 saturated carbocycles. The van der Waals surface area contributed by atoms with E-state index >= 15 is 0 Å². The Balaban J connectivity index is 1.63. The number of rotatable bonds is 5. The lowest BCUT2D eigenvalue weighted by molar-refractivity contribution is -0.117. The summed E-state index contributed by atoms with van der Waals surface area (Å²) >= 11 is 0. The van der Waals surface area contributed by atoms with Crippen LogP contribution in [0.1, 0.15) is 58.8 Å². The number of anilines is 1. The van der Waals surface area contributed by atoms with Crippen LogP contribution in [0.4, 0.5) is 5.69 Å². The predicted octanol–water partition coefficient (Wildman–Crippen LogP) is 3.45. The third-order valence-corrected chi connectivity index (χ3v) is 8.03. The summed E-state index contributed by atoms with van der Waals surface area (Å²) in [5.41, 5.74) is 0.638. The molecule has 6 nitrogen and oxygen atoms in total. The summed E-state index contributed by atoms with van der Waals surface area (Å²) in [6.45, 7) is 6.28. The molecule has 2 fully saturated rings. The molecular formula is C21H33N3O3S. The van der Waals surface area contributed by atoms with E-state index in [4.69, 9.17) is 0 Å². The molecular weight excluding hydrogens is 374 g/mol. The van der Waals surface area contributed by atoms with Gasteiger partial charge in [0.25, 0.3) is 0 Å². The third-order valence-electron chi connectivity index (χ3n) is 5.89. The number of carbonyl (C=O) groups is 1. The van der Waals surface area contributed by atoms with Crippen molar-refractivity contribution in [2.45, 2.75) is 75.8 Å². The normalized spacial score (nSPS) is 25.2. The zero-order valence-electron chi connectivity index (χ0n) is 17.1. The van der Waals surface area contributed by atoms with E-state index in [-0.39, 0.29) is 18.0 Å². The number of nitrogens with zero attached hydrogens (tertiary/aromatic N) is 2. The van der Waals surface area contributed by atoms with Crippen molar-refractivity contribution in [2.75, 3.05) is 25.0 Å². The number of amides is 1. The van der Waals surface area contributed by atoms with Crippen molar-refractivity contribution in [2.24, 2.45) is 0 Å². The molecule has 2 atom stereocenters. The molecule has 1 aromatic carbocycles. The summed E-state index contributed by atoms with van der Waals surface area (Å²) in [4.78, 5) is 14.8. The molecule has 28 heavy (non-hydrogen) atoms. The van der Waals surface area contributed by atoms with Crippen LogP contribution in [0.2, 0.25) is 0 Å². The van der Waals surface area contributed by atoms with Crippen LogP contribution in [0.15, 0.2) is 29.2 Å². The molecule has 0 radical (unpaired) electrons. The van der Waals surface area contributed by atoms with Gasteiger partial charge >= 0.3 is 0 Å². The molecule has 0 aromatic heterocycles. The molecule has 0 bridgehead atoms. The first kappa shape index (κ1) is 21.3. The monoisotopic (exact) mass is 407 g/mol. The van der Waals surface area contributed by atoms with Crippen LogP contribution in [0.25, 0.3) is 0 Å². The van der Waals surface area contributed by atoms with Crippen molar-refractivity contribution < 1.29 is 13.2 Å². The Morgan fingerprint density at radius 1 is 0.964 bits per heavy atom. The van der Waals surface area contributed by atoms with Gasteiger partial charge in [0.05, 0.1) is 11.4 Å². The standard InChI is InChI=1S/C21H33N3O3S/c1-17-8-7-9-18(2)24(17)28(26,27)20-12-10-19(11-13-20)22-21(25)16-23-14-5-3-4-6-15-23/h10-13,17-18H,3-9,14-16H2,1-2H3,(H,22,25). The van der Waals surface area contributed by atoms with E-state index in [1.165, 1.54) is 12.8 Å². The van der Waals surface area contributed by atoms with Crippen LogP contribution in [-0.4, -0.2) is 55.2 Å². The Kier molecular flexibility index (Phi) is 7.12. The highest BCUT2D eigenvalue weighted by atomic mass is 32.2. The van der Waals surface area contributed by atoms with Crippen LogP contribution in [0.5, 0.6) is 0 Å². The van der Waals surface area contributed by atoms with E-state index in [1.54, 1.807) is 28.6 Å². The van der Waals surface area contributed by atoms with Gasteiger partial charge in [-0.25, -0.2) is 8.42 Å². The maximum atomic E-state index is 13.1. The SMILES string of the molecule is CC1CCCC(C)N1S(=O)(=O)c1ccc(NC(=O)CN2CCCCCC2)cc1. The van der Waals surface area contributed by atoms with Crippen molar-refractivity contribution in [1.82, 2.24) is 9.21 Å². The second-order valence-corrected chi connectivity index (χ2v) is 10.1. The Morgan fingerprint density at radius 3 is 2.11 bits per heavy atom. The van der Waals surface area contributed by atoms with Gasteiger partial charge < -0.3 is 5.32 Å². The fraction of sp³-hybridized carbons (Fsp3) is 0.667. The highest BCUT2D eigenvalue weighted by Gasteiger charge is 2.35. The van der Waals surface area contributed by atoms with E-state index in [0.29, 0.717) is 17.1 Å². The number of likely N-dealkylation sites (tertiary alicyclic amines) is 1. The lowest BCUT2D eigenvalue weighted by atomic mass is 10.0. The van der Waals surface area contributed by atoms with Crippen LogP contribution in [0.3, 0.4) is 0 Å². The van der Waals surface area contributed by atoms with E-state index in [0.717, 1.165) is 45.2 Å². The van der Waals surface area contributed by atoms with Gasteiger partial charge in [-0.3, -0.25) is 9.69 Å². The Hall–Kier alpha value is -1.44. The van der Waals surface area contributed by atoms with Gasteiger partial charge in [0.15, 0.2) is 0 Å². The lowest BCUT2D eigenvalue weighted by Gasteiger charge is -2.37. The van der Waals surface area contributed by atoms with Gasteiger partial charge in [0.2, 0.25) is 15.9 Å². The first-order valence-corrected chi connectivity index (χ1v) is 12.0. The Labute approximate surface area is 169 Å². The van der Waals surface area contributed by atoms with Gasteiger partial charge in [0.1, 0.15) is 0 Å². The minimum absolute atomic E-state index is 0.0155. The molecule has 1 amide bonds. The number of benzene rings is 1. The molecule has 7 heteroatoms. The molecule has 156 valence electrons. The van der Waals surface area contributed by atoms with Crippen molar-refractivity contribution in [3.63, 3.8) is 0 Å². The second-order valence-electron chi connectivity index (χ2n) is 8.23. The van der Waals surface area contributed by atoms with E-state index < -0.39 is 10.0 Å². The zero-order chi connectivity index (χ0) is 20.1. The smallest absolute Gasteiger partial charge is 0.243 e. The summed E-state index contributed by atoms with van der Waals surface area (Å²) in [6.07, 6.45) is 7.63. The van der Waals surface area contributed by atoms with Crippen molar-refractivity contribution >= 4 is 21.6 Å². The fourth-order valence-electron chi connectivity index (χ4n) is 4.40. The highest BCUT2D eigenvalue weighted by molar-refractivity contribution is 7.89. The Bertz CT molecular complexity index is 746. The maximum Gasteiger partial charge on any atom is 0.243 e. The Morgan fingerprint density at radius 2 is 1.54 bits per heavy atom. The van der Waals surface area contributed by atoms with Crippen molar-refractivity contribution in [3.05, 3.63) is 24.3 Å². The molecule has 0 aliphatic carbocycles. The summed E-state index contributed by atoms with van der Waals surface area (Å²) in [6, 6.07) is 6.61. The summed E-state index contributed by atoms with van der Waals surface area (Å²) in [5, 5.41) is 2.90. The first-order valence-electron chi connectivity index (χ1n) is 10.5. The van der Waals surface area contributed by atoms with E-state index in [1.807, 2.05) is 13.8 Å². The van der Waals surface area contributed by atoms with E-state index in [2.05, 4.69) is 10.2 Å². The van der Waals surface area contributed by atoms with Crippen LogP contribution in [-0.2, 0) is 14.8 Å². The van der Waals surface area contributed by atoms with Gasteiger partial charge in [0, 0.05) is 17.8 Å². The van der Waals surface area contributed by atoms with Crippen molar-refractivity contribution in [3.8, 4) is 0 Å². The summed E-state index contributed by atoms with van der Waals surface area (Å²) < 4.78 is 27.8. The number of hydrogen-bond donors (Lipinski definition) is 1. The number of nitrogens with one attached hydrogen (secondary N) is 1. The highest BCUT2D eigenvalue weighted by Crippen LogP contribution is 2.29. The average Bonchev–Trinajstić information content (AvgIpc) is 2.90. The third kappa shape index (κ3) is 5.13. The van der Waals surface area contributed by atoms with Gasteiger partial charge in [-0.05, 0) is 76.9 Å². The lowest BCUT2D eigenvalue weighted by Crippen LogP contribution is -2.47. The quantitative estimate of drug-likeness (QED) is 0.812. The molecule has 0 spiro atoms.